The summed E-state index contributed by atoms with van der Waals surface area (Å²) in [5, 5.41) is 9.62. The van der Waals surface area contributed by atoms with Gasteiger partial charge in [0.1, 0.15) is 16.8 Å². The van der Waals surface area contributed by atoms with Gasteiger partial charge in [0, 0.05) is 10.6 Å². The van der Waals surface area contributed by atoms with Crippen molar-refractivity contribution in [1.82, 2.24) is 0 Å². The minimum absolute atomic E-state index is 0.191. The number of benzene rings is 1. The maximum absolute atomic E-state index is 12.7. The van der Waals surface area contributed by atoms with Crippen LogP contribution >= 0.6 is 34.8 Å². The number of aliphatic hydroxyl groups excluding tert-OH is 1. The highest BCUT2D eigenvalue weighted by molar-refractivity contribution is 6.44. The molecule has 5 heteroatoms. The molecule has 0 fully saturated rings. The molecule has 0 aliphatic rings. The van der Waals surface area contributed by atoms with E-state index in [4.69, 9.17) is 34.8 Å². The van der Waals surface area contributed by atoms with Crippen LogP contribution in [0.4, 0.5) is 4.39 Å². The molecule has 0 bridgehead atoms. The van der Waals surface area contributed by atoms with Gasteiger partial charge in [-0.3, -0.25) is 0 Å². The first kappa shape index (κ1) is 11.1. The molecule has 1 aromatic rings. The maximum atomic E-state index is 12.7. The summed E-state index contributed by atoms with van der Waals surface area (Å²) < 4.78 is 12.7. The Bertz CT molecular complexity index is 303. The molecule has 0 aliphatic heterocycles. The van der Waals surface area contributed by atoms with Crippen LogP contribution in [0.15, 0.2) is 18.2 Å². The van der Waals surface area contributed by atoms with Crippen LogP contribution in [0.3, 0.4) is 0 Å². The summed E-state index contributed by atoms with van der Waals surface area (Å²) in [6.07, 6.45) is -1.17. The molecule has 72 valence electrons. The summed E-state index contributed by atoms with van der Waals surface area (Å²) in [5.41, 5.74) is 0.191. The van der Waals surface area contributed by atoms with E-state index in [1.165, 1.54) is 12.1 Å². The third-order valence-electron chi connectivity index (χ3n) is 1.52. The van der Waals surface area contributed by atoms with Crippen molar-refractivity contribution in [2.75, 3.05) is 0 Å². The van der Waals surface area contributed by atoms with Gasteiger partial charge >= 0.3 is 0 Å². The van der Waals surface area contributed by atoms with E-state index >= 15 is 0 Å². The fourth-order valence-electron chi connectivity index (χ4n) is 0.877. The molecule has 1 rings (SSSR count). The molecule has 1 aromatic carbocycles. The topological polar surface area (TPSA) is 20.2 Å². The van der Waals surface area contributed by atoms with E-state index in [-0.39, 0.29) is 10.6 Å². The standard InChI is InChI=1S/C8H6Cl3FO/c9-6-2-1-4(12)3-5(6)7(13)8(10)11/h1-3,7-8,13H. The van der Waals surface area contributed by atoms with Crippen LogP contribution in [0.1, 0.15) is 11.7 Å². The molecule has 1 N–H and O–H groups in total. The van der Waals surface area contributed by atoms with Crippen molar-refractivity contribution in [3.8, 4) is 0 Å². The molecule has 1 atom stereocenters. The molecule has 0 amide bonds. The number of rotatable bonds is 2. The Balaban J connectivity index is 3.05. The van der Waals surface area contributed by atoms with Crippen molar-refractivity contribution in [2.45, 2.75) is 10.9 Å². The van der Waals surface area contributed by atoms with Gasteiger partial charge in [-0.05, 0) is 18.2 Å². The number of aliphatic hydroxyl groups is 1. The number of hydrogen-bond donors (Lipinski definition) is 1. The van der Waals surface area contributed by atoms with Gasteiger partial charge in [-0.15, -0.1) is 23.2 Å². The molecule has 0 saturated heterocycles. The largest absolute Gasteiger partial charge is 0.386 e. The van der Waals surface area contributed by atoms with Gasteiger partial charge in [-0.2, -0.15) is 0 Å². The van der Waals surface area contributed by atoms with Crippen molar-refractivity contribution in [1.29, 1.82) is 0 Å². The lowest BCUT2D eigenvalue weighted by Gasteiger charge is -2.12. The molecule has 1 unspecified atom stereocenters. The molecule has 13 heavy (non-hydrogen) atoms. The Morgan fingerprint density at radius 2 is 1.92 bits per heavy atom. The maximum Gasteiger partial charge on any atom is 0.137 e. The summed E-state index contributed by atoms with van der Waals surface area (Å²) >= 11 is 16.5. The van der Waals surface area contributed by atoms with Gasteiger partial charge in [0.2, 0.25) is 0 Å². The second-order valence-electron chi connectivity index (χ2n) is 2.45. The SMILES string of the molecule is OC(c1cc(F)ccc1Cl)C(Cl)Cl. The minimum Gasteiger partial charge on any atom is -0.386 e. The monoisotopic (exact) mass is 242 g/mol. The first-order chi connectivity index (χ1) is 6.02. The van der Waals surface area contributed by atoms with E-state index in [1.54, 1.807) is 0 Å². The Morgan fingerprint density at radius 3 is 2.46 bits per heavy atom. The van der Waals surface area contributed by atoms with E-state index < -0.39 is 16.8 Å². The zero-order chi connectivity index (χ0) is 10.0. The predicted octanol–water partition coefficient (Wildman–Crippen LogP) is 3.32. The van der Waals surface area contributed by atoms with Crippen molar-refractivity contribution in [2.24, 2.45) is 0 Å². The second kappa shape index (κ2) is 4.47. The minimum atomic E-state index is -1.17. The van der Waals surface area contributed by atoms with Crippen LogP contribution in [-0.4, -0.2) is 9.94 Å². The number of alkyl halides is 2. The summed E-state index contributed by atoms with van der Waals surface area (Å²) in [7, 11) is 0. The molecule has 0 aromatic heterocycles. The Labute approximate surface area is 90.0 Å². The molecule has 0 heterocycles. The fourth-order valence-corrected chi connectivity index (χ4v) is 1.38. The first-order valence-corrected chi connectivity index (χ1v) is 4.68. The predicted molar refractivity (Wildman–Crippen MR) is 51.9 cm³/mol. The fraction of sp³-hybridized carbons (Fsp3) is 0.250. The van der Waals surface area contributed by atoms with Crippen molar-refractivity contribution < 1.29 is 9.50 Å². The lowest BCUT2D eigenvalue weighted by atomic mass is 10.1. The first-order valence-electron chi connectivity index (χ1n) is 3.43. The van der Waals surface area contributed by atoms with Gasteiger partial charge in [-0.1, -0.05) is 11.6 Å². The molecule has 0 radical (unpaired) electrons. The van der Waals surface area contributed by atoms with E-state index in [9.17, 15) is 9.50 Å². The van der Waals surface area contributed by atoms with Crippen LogP contribution in [0, 0.1) is 5.82 Å². The van der Waals surface area contributed by atoms with E-state index in [1.807, 2.05) is 0 Å². The van der Waals surface area contributed by atoms with Crippen molar-refractivity contribution in [3.05, 3.63) is 34.6 Å². The summed E-state index contributed by atoms with van der Waals surface area (Å²) in [5.74, 6) is -0.493. The third-order valence-corrected chi connectivity index (χ3v) is 2.34. The highest BCUT2D eigenvalue weighted by atomic mass is 35.5. The highest BCUT2D eigenvalue weighted by Crippen LogP contribution is 2.29. The van der Waals surface area contributed by atoms with E-state index in [0.717, 1.165) is 6.07 Å². The van der Waals surface area contributed by atoms with Gasteiger partial charge < -0.3 is 5.11 Å². The molecular weight excluding hydrogens is 237 g/mol. The Morgan fingerprint density at radius 1 is 1.31 bits per heavy atom. The quantitative estimate of drug-likeness (QED) is 0.790. The van der Waals surface area contributed by atoms with Crippen LogP contribution in [0.5, 0.6) is 0 Å². The Kier molecular flexibility index (Phi) is 3.80. The molecule has 1 nitrogen and oxygen atoms in total. The molecule has 0 spiro atoms. The third kappa shape index (κ3) is 2.71. The number of hydrogen-bond acceptors (Lipinski definition) is 1. The molecule has 0 aliphatic carbocycles. The smallest absolute Gasteiger partial charge is 0.137 e. The van der Waals surface area contributed by atoms with Crippen LogP contribution in [0.2, 0.25) is 5.02 Å². The van der Waals surface area contributed by atoms with Crippen LogP contribution in [-0.2, 0) is 0 Å². The zero-order valence-electron chi connectivity index (χ0n) is 6.35. The molecule has 0 saturated carbocycles. The van der Waals surface area contributed by atoms with E-state index in [0.29, 0.717) is 0 Å². The van der Waals surface area contributed by atoms with Gasteiger partial charge in [0.15, 0.2) is 0 Å². The average Bonchev–Trinajstić information content (AvgIpc) is 2.08. The highest BCUT2D eigenvalue weighted by Gasteiger charge is 2.18. The van der Waals surface area contributed by atoms with Gasteiger partial charge in [0.25, 0.3) is 0 Å². The summed E-state index contributed by atoms with van der Waals surface area (Å²) in [4.78, 5) is -1.03. The average molecular weight is 243 g/mol. The summed E-state index contributed by atoms with van der Waals surface area (Å²) in [6, 6.07) is 3.63. The van der Waals surface area contributed by atoms with Crippen molar-refractivity contribution in [3.63, 3.8) is 0 Å². The number of halogens is 4. The van der Waals surface area contributed by atoms with Gasteiger partial charge in [-0.25, -0.2) is 4.39 Å². The van der Waals surface area contributed by atoms with Crippen LogP contribution in [0.25, 0.3) is 0 Å². The zero-order valence-corrected chi connectivity index (χ0v) is 8.61. The van der Waals surface area contributed by atoms with Crippen molar-refractivity contribution >= 4 is 34.8 Å². The normalized spacial score (nSPS) is 13.4. The second-order valence-corrected chi connectivity index (χ2v) is 4.02. The lowest BCUT2D eigenvalue weighted by Crippen LogP contribution is -2.06. The van der Waals surface area contributed by atoms with E-state index in [2.05, 4.69) is 0 Å². The molecular formula is C8H6Cl3FO. The lowest BCUT2D eigenvalue weighted by molar-refractivity contribution is 0.192. The van der Waals surface area contributed by atoms with Gasteiger partial charge in [0.05, 0.1) is 0 Å². The summed E-state index contributed by atoms with van der Waals surface area (Å²) in [6.45, 7) is 0. The van der Waals surface area contributed by atoms with Crippen LogP contribution < -0.4 is 0 Å². The Hall–Kier alpha value is -0.0200.